The van der Waals surface area contributed by atoms with Gasteiger partial charge in [-0.2, -0.15) is 0 Å². The number of rotatable bonds is 4. The Morgan fingerprint density at radius 1 is 1.20 bits per heavy atom. The number of carbonyl (C=O) groups excluding carboxylic acids is 1. The van der Waals surface area contributed by atoms with Gasteiger partial charge < -0.3 is 19.5 Å². The van der Waals surface area contributed by atoms with E-state index in [0.717, 1.165) is 5.56 Å². The van der Waals surface area contributed by atoms with E-state index in [0.29, 0.717) is 50.8 Å². The molecule has 1 aromatic carbocycles. The van der Waals surface area contributed by atoms with Gasteiger partial charge in [0.1, 0.15) is 0 Å². The SMILES string of the molecule is O=C(O)CC1CN(C(=O)C2(c3ccc(Cl)cc3)CCOCC2)CCO1. The first-order chi connectivity index (χ1) is 12.0. The second-order valence-electron chi connectivity index (χ2n) is 6.54. The highest BCUT2D eigenvalue weighted by molar-refractivity contribution is 6.30. The van der Waals surface area contributed by atoms with Gasteiger partial charge in [-0.05, 0) is 30.5 Å². The molecule has 0 radical (unpaired) electrons. The Kier molecular flexibility index (Phi) is 5.61. The lowest BCUT2D eigenvalue weighted by Crippen LogP contribution is -2.55. The molecule has 0 aromatic heterocycles. The molecule has 6 nitrogen and oxygen atoms in total. The molecule has 1 N–H and O–H groups in total. The predicted molar refractivity (Wildman–Crippen MR) is 91.8 cm³/mol. The monoisotopic (exact) mass is 367 g/mol. The van der Waals surface area contributed by atoms with E-state index in [4.69, 9.17) is 26.2 Å². The molecule has 2 aliphatic rings. The van der Waals surface area contributed by atoms with Crippen LogP contribution in [0.25, 0.3) is 0 Å². The molecule has 1 aromatic rings. The van der Waals surface area contributed by atoms with Gasteiger partial charge in [-0.1, -0.05) is 23.7 Å². The van der Waals surface area contributed by atoms with Crippen molar-refractivity contribution in [3.63, 3.8) is 0 Å². The first-order valence-electron chi connectivity index (χ1n) is 8.48. The Morgan fingerprint density at radius 2 is 1.88 bits per heavy atom. The molecular weight excluding hydrogens is 346 g/mol. The number of halogens is 1. The lowest BCUT2D eigenvalue weighted by Gasteiger charge is -2.42. The Balaban J connectivity index is 1.84. The molecule has 0 bridgehead atoms. The second kappa shape index (κ2) is 7.72. The van der Waals surface area contributed by atoms with E-state index in [1.807, 2.05) is 12.1 Å². The number of benzene rings is 1. The van der Waals surface area contributed by atoms with Gasteiger partial charge in [0, 0.05) is 31.3 Å². The second-order valence-corrected chi connectivity index (χ2v) is 6.98. The Morgan fingerprint density at radius 3 is 2.52 bits per heavy atom. The van der Waals surface area contributed by atoms with Gasteiger partial charge in [-0.3, -0.25) is 9.59 Å². The molecule has 1 unspecified atom stereocenters. The van der Waals surface area contributed by atoms with E-state index in [1.165, 1.54) is 0 Å². The third-order valence-corrected chi connectivity index (χ3v) is 5.23. The summed E-state index contributed by atoms with van der Waals surface area (Å²) in [6.45, 7) is 2.19. The highest BCUT2D eigenvalue weighted by Crippen LogP contribution is 2.37. The van der Waals surface area contributed by atoms with Crippen LogP contribution in [0.4, 0.5) is 0 Å². The van der Waals surface area contributed by atoms with E-state index in [1.54, 1.807) is 17.0 Å². The summed E-state index contributed by atoms with van der Waals surface area (Å²) in [5.41, 5.74) is 0.292. The van der Waals surface area contributed by atoms with Crippen LogP contribution in [0.1, 0.15) is 24.8 Å². The van der Waals surface area contributed by atoms with Gasteiger partial charge in [0.15, 0.2) is 0 Å². The average Bonchev–Trinajstić information content (AvgIpc) is 2.62. The van der Waals surface area contributed by atoms with E-state index >= 15 is 0 Å². The van der Waals surface area contributed by atoms with Gasteiger partial charge in [0.2, 0.25) is 5.91 Å². The predicted octanol–water partition coefficient (Wildman–Crippen LogP) is 2.09. The van der Waals surface area contributed by atoms with Crippen LogP contribution in [0.15, 0.2) is 24.3 Å². The Hall–Kier alpha value is -1.63. The van der Waals surface area contributed by atoms with Crippen molar-refractivity contribution in [1.29, 1.82) is 0 Å². The molecule has 0 aliphatic carbocycles. The maximum absolute atomic E-state index is 13.4. The highest BCUT2D eigenvalue weighted by atomic mass is 35.5. The third-order valence-electron chi connectivity index (χ3n) is 4.98. The van der Waals surface area contributed by atoms with Gasteiger partial charge in [-0.15, -0.1) is 0 Å². The van der Waals surface area contributed by atoms with Crippen LogP contribution in [-0.2, 0) is 24.5 Å². The quantitative estimate of drug-likeness (QED) is 0.881. The summed E-state index contributed by atoms with van der Waals surface area (Å²) < 4.78 is 11.0. The van der Waals surface area contributed by atoms with Gasteiger partial charge in [0.25, 0.3) is 0 Å². The van der Waals surface area contributed by atoms with Crippen LogP contribution in [0.5, 0.6) is 0 Å². The molecule has 1 atom stereocenters. The van der Waals surface area contributed by atoms with Crippen molar-refractivity contribution in [3.8, 4) is 0 Å². The maximum atomic E-state index is 13.4. The molecular formula is C18H22ClNO5. The number of carboxylic acid groups (broad SMARTS) is 1. The number of hydrogen-bond acceptors (Lipinski definition) is 4. The molecule has 0 spiro atoms. The molecule has 2 saturated heterocycles. The van der Waals surface area contributed by atoms with Crippen molar-refractivity contribution in [1.82, 2.24) is 4.90 Å². The van der Waals surface area contributed by atoms with Gasteiger partial charge in [0.05, 0.1) is 24.5 Å². The first kappa shape index (κ1) is 18.2. The largest absolute Gasteiger partial charge is 0.481 e. The number of aliphatic carboxylic acids is 1. The number of ether oxygens (including phenoxy) is 2. The fourth-order valence-corrected chi connectivity index (χ4v) is 3.77. The molecule has 0 saturated carbocycles. The van der Waals surface area contributed by atoms with Crippen LogP contribution in [0.2, 0.25) is 5.02 Å². The van der Waals surface area contributed by atoms with E-state index in [-0.39, 0.29) is 12.3 Å². The fourth-order valence-electron chi connectivity index (χ4n) is 3.64. The number of nitrogens with zero attached hydrogens (tertiary/aromatic N) is 1. The zero-order chi connectivity index (χ0) is 17.9. The van der Waals surface area contributed by atoms with Gasteiger partial charge >= 0.3 is 5.97 Å². The van der Waals surface area contributed by atoms with E-state index in [9.17, 15) is 9.59 Å². The zero-order valence-electron chi connectivity index (χ0n) is 13.9. The summed E-state index contributed by atoms with van der Waals surface area (Å²) >= 11 is 6.00. The normalized spacial score (nSPS) is 23.2. The van der Waals surface area contributed by atoms with Crippen molar-refractivity contribution < 1.29 is 24.2 Å². The minimum Gasteiger partial charge on any atom is -0.481 e. The molecule has 3 rings (SSSR count). The number of hydrogen-bond donors (Lipinski definition) is 1. The summed E-state index contributed by atoms with van der Waals surface area (Å²) in [5.74, 6) is -0.894. The van der Waals surface area contributed by atoms with Crippen LogP contribution in [0.3, 0.4) is 0 Å². The van der Waals surface area contributed by atoms with Crippen LogP contribution < -0.4 is 0 Å². The van der Waals surface area contributed by atoms with Crippen molar-refractivity contribution >= 4 is 23.5 Å². The molecule has 136 valence electrons. The van der Waals surface area contributed by atoms with E-state index < -0.39 is 17.5 Å². The third kappa shape index (κ3) is 3.97. The number of carboxylic acids is 1. The number of morpholine rings is 1. The van der Waals surface area contributed by atoms with Gasteiger partial charge in [-0.25, -0.2) is 0 Å². The smallest absolute Gasteiger partial charge is 0.306 e. The first-order valence-corrected chi connectivity index (χ1v) is 8.86. The summed E-state index contributed by atoms with van der Waals surface area (Å²) in [6.07, 6.45) is 0.654. The fraction of sp³-hybridized carbons (Fsp3) is 0.556. The maximum Gasteiger partial charge on any atom is 0.306 e. The lowest BCUT2D eigenvalue weighted by molar-refractivity contribution is -0.153. The van der Waals surface area contributed by atoms with Crippen LogP contribution >= 0.6 is 11.6 Å². The summed E-state index contributed by atoms with van der Waals surface area (Å²) in [6, 6.07) is 7.41. The highest BCUT2D eigenvalue weighted by Gasteiger charge is 2.45. The summed E-state index contributed by atoms with van der Waals surface area (Å²) in [4.78, 5) is 26.1. The van der Waals surface area contributed by atoms with Crippen LogP contribution in [-0.4, -0.2) is 60.9 Å². The lowest BCUT2D eigenvalue weighted by atomic mass is 9.73. The molecule has 7 heteroatoms. The minimum atomic E-state index is -0.919. The standard InChI is InChI=1S/C18H22ClNO5/c19-14-3-1-13(2-4-14)18(5-8-24-9-6-18)17(23)20-7-10-25-15(12-20)11-16(21)22/h1-4,15H,5-12H2,(H,21,22). The molecule has 2 fully saturated rings. The minimum absolute atomic E-state index is 0.0248. The van der Waals surface area contributed by atoms with E-state index in [2.05, 4.69) is 0 Å². The Labute approximate surface area is 151 Å². The Bertz CT molecular complexity index is 627. The van der Waals surface area contributed by atoms with Crippen molar-refractivity contribution in [2.24, 2.45) is 0 Å². The number of amides is 1. The summed E-state index contributed by atoms with van der Waals surface area (Å²) in [7, 11) is 0. The van der Waals surface area contributed by atoms with Crippen LogP contribution in [0, 0.1) is 0 Å². The molecule has 2 heterocycles. The number of carbonyl (C=O) groups is 2. The molecule has 25 heavy (non-hydrogen) atoms. The topological polar surface area (TPSA) is 76.1 Å². The summed E-state index contributed by atoms with van der Waals surface area (Å²) in [5, 5.41) is 9.61. The average molecular weight is 368 g/mol. The molecule has 2 aliphatic heterocycles. The van der Waals surface area contributed by atoms with Crippen molar-refractivity contribution in [2.45, 2.75) is 30.8 Å². The zero-order valence-corrected chi connectivity index (χ0v) is 14.7. The van der Waals surface area contributed by atoms with Crippen molar-refractivity contribution in [2.75, 3.05) is 32.9 Å². The molecule has 1 amide bonds. The van der Waals surface area contributed by atoms with Crippen molar-refractivity contribution in [3.05, 3.63) is 34.9 Å².